The molecule has 4 rings (SSSR count). The Bertz CT molecular complexity index is 1270. The second-order valence-electron chi connectivity index (χ2n) is 8.69. The predicted octanol–water partition coefficient (Wildman–Crippen LogP) is 4.78. The number of carbonyl (C=O) groups excluding carboxylic acids is 2. The van der Waals surface area contributed by atoms with Crippen molar-refractivity contribution in [3.8, 4) is 11.5 Å². The van der Waals surface area contributed by atoms with Crippen molar-refractivity contribution in [3.05, 3.63) is 71.6 Å². The van der Waals surface area contributed by atoms with Crippen LogP contribution in [0.4, 0.5) is 0 Å². The molecule has 170 valence electrons. The summed E-state index contributed by atoms with van der Waals surface area (Å²) in [6.07, 6.45) is 1.51. The van der Waals surface area contributed by atoms with Crippen molar-refractivity contribution in [1.82, 2.24) is 15.0 Å². The zero-order valence-electron chi connectivity index (χ0n) is 19.0. The fraction of sp³-hybridized carbons (Fsp3) is 0.280. The van der Waals surface area contributed by atoms with Gasteiger partial charge in [0.25, 0.3) is 11.6 Å². The van der Waals surface area contributed by atoms with Gasteiger partial charge in [-0.25, -0.2) is 9.78 Å². The number of aromatic nitrogens is 2. The first-order valence-electron chi connectivity index (χ1n) is 10.6. The maximum absolute atomic E-state index is 13.1. The summed E-state index contributed by atoms with van der Waals surface area (Å²) in [6.45, 7) is 7.55. The number of nitrogens with zero attached hydrogens (tertiary/aromatic N) is 3. The van der Waals surface area contributed by atoms with E-state index in [1.54, 1.807) is 30.0 Å². The van der Waals surface area contributed by atoms with E-state index in [1.807, 2.05) is 51.1 Å². The molecule has 0 spiro atoms. The van der Waals surface area contributed by atoms with Gasteiger partial charge >= 0.3 is 5.97 Å². The Kier molecular flexibility index (Phi) is 6.00. The van der Waals surface area contributed by atoms with Gasteiger partial charge in [0.15, 0.2) is 12.4 Å². The monoisotopic (exact) mass is 447 g/mol. The summed E-state index contributed by atoms with van der Waals surface area (Å²) in [4.78, 5) is 32.2. The summed E-state index contributed by atoms with van der Waals surface area (Å²) >= 11 is 0. The molecule has 33 heavy (non-hydrogen) atoms. The Hall–Kier alpha value is -3.94. The summed E-state index contributed by atoms with van der Waals surface area (Å²) in [6, 6.07) is 14.7. The first kappa shape index (κ1) is 22.3. The molecule has 1 aromatic carbocycles. The highest BCUT2D eigenvalue weighted by Gasteiger charge is 2.28. The van der Waals surface area contributed by atoms with Crippen molar-refractivity contribution in [1.29, 1.82) is 0 Å². The van der Waals surface area contributed by atoms with Gasteiger partial charge in [0, 0.05) is 12.1 Å². The summed E-state index contributed by atoms with van der Waals surface area (Å²) in [5.41, 5.74) is 1.85. The Morgan fingerprint density at radius 2 is 1.85 bits per heavy atom. The summed E-state index contributed by atoms with van der Waals surface area (Å²) in [5.74, 6) is -0.487. The molecule has 0 radical (unpaired) electrons. The van der Waals surface area contributed by atoms with Gasteiger partial charge in [0.2, 0.25) is 0 Å². The van der Waals surface area contributed by atoms with E-state index < -0.39 is 18.1 Å². The maximum atomic E-state index is 13.1. The molecule has 4 aromatic rings. The Morgan fingerprint density at radius 3 is 2.52 bits per heavy atom. The molecule has 0 aliphatic carbocycles. The number of pyridine rings is 1. The number of fused-ring (bicyclic) bond motifs is 1. The van der Waals surface area contributed by atoms with E-state index in [0.29, 0.717) is 29.1 Å². The Balaban J connectivity index is 1.56. The number of amides is 1. The van der Waals surface area contributed by atoms with E-state index in [1.165, 1.54) is 6.26 Å². The van der Waals surface area contributed by atoms with Crippen LogP contribution in [0.15, 0.2) is 63.7 Å². The first-order valence-corrected chi connectivity index (χ1v) is 10.6. The number of carbonyl (C=O) groups is 2. The van der Waals surface area contributed by atoms with Crippen molar-refractivity contribution in [2.24, 2.45) is 0 Å². The predicted molar refractivity (Wildman–Crippen MR) is 121 cm³/mol. The van der Waals surface area contributed by atoms with Gasteiger partial charge in [-0.2, -0.15) is 0 Å². The fourth-order valence-corrected chi connectivity index (χ4v) is 3.55. The molecule has 0 saturated heterocycles. The molecule has 0 aliphatic heterocycles. The fourth-order valence-electron chi connectivity index (χ4n) is 3.55. The highest BCUT2D eigenvalue weighted by atomic mass is 16.5. The van der Waals surface area contributed by atoms with Crippen LogP contribution in [-0.2, 0) is 16.1 Å². The van der Waals surface area contributed by atoms with Crippen LogP contribution in [0, 0.1) is 6.92 Å². The highest BCUT2D eigenvalue weighted by molar-refractivity contribution is 6.04. The minimum absolute atomic E-state index is 0.195. The second kappa shape index (κ2) is 8.90. The number of hydrogen-bond donors (Lipinski definition) is 0. The quantitative estimate of drug-likeness (QED) is 0.392. The van der Waals surface area contributed by atoms with Gasteiger partial charge in [-0.05, 0) is 51.5 Å². The third-order valence-corrected chi connectivity index (χ3v) is 5.23. The number of aryl methyl sites for hydroxylation is 1. The van der Waals surface area contributed by atoms with Crippen LogP contribution in [-0.4, -0.2) is 39.1 Å². The largest absolute Gasteiger partial charge is 0.463 e. The van der Waals surface area contributed by atoms with Crippen molar-refractivity contribution >= 4 is 23.0 Å². The lowest BCUT2D eigenvalue weighted by Crippen LogP contribution is -2.46. The smallest absolute Gasteiger partial charge is 0.339 e. The maximum Gasteiger partial charge on any atom is 0.339 e. The Morgan fingerprint density at radius 1 is 1.09 bits per heavy atom. The van der Waals surface area contributed by atoms with Crippen molar-refractivity contribution in [2.75, 3.05) is 6.61 Å². The molecular weight excluding hydrogens is 422 g/mol. The molecular formula is C25H25N3O5. The van der Waals surface area contributed by atoms with Gasteiger partial charge < -0.3 is 18.6 Å². The average Bonchev–Trinajstić information content (AvgIpc) is 3.45. The summed E-state index contributed by atoms with van der Waals surface area (Å²) in [7, 11) is 0. The van der Waals surface area contributed by atoms with Crippen molar-refractivity contribution < 1.29 is 23.3 Å². The summed E-state index contributed by atoms with van der Waals surface area (Å²) < 4.78 is 16.1. The zero-order valence-corrected chi connectivity index (χ0v) is 19.0. The minimum Gasteiger partial charge on any atom is -0.463 e. The molecule has 0 N–H and O–H groups in total. The van der Waals surface area contributed by atoms with Crippen LogP contribution >= 0.6 is 0 Å². The Labute approximate surface area is 191 Å². The average molecular weight is 447 g/mol. The van der Waals surface area contributed by atoms with E-state index in [0.717, 1.165) is 5.56 Å². The van der Waals surface area contributed by atoms with Gasteiger partial charge in [0.05, 0.1) is 22.9 Å². The van der Waals surface area contributed by atoms with E-state index in [4.69, 9.17) is 13.7 Å². The molecule has 1 amide bonds. The number of benzene rings is 1. The SMILES string of the molecule is Cc1noc2nc(-c3ccco3)cc(C(=O)OCC(=O)N(Cc3ccccc3)C(C)(C)C)c12. The molecule has 0 unspecified atom stereocenters. The van der Waals surface area contributed by atoms with Crippen molar-refractivity contribution in [2.45, 2.75) is 39.8 Å². The second-order valence-corrected chi connectivity index (χ2v) is 8.69. The third-order valence-electron chi connectivity index (χ3n) is 5.23. The standard InChI is InChI=1S/C25H25N3O5/c1-16-22-18(13-19(20-11-8-12-31-20)26-23(22)33-27-16)24(30)32-15-21(29)28(25(2,3)4)14-17-9-6-5-7-10-17/h5-13H,14-15H2,1-4H3. The van der Waals surface area contributed by atoms with Gasteiger partial charge in [0.1, 0.15) is 5.69 Å². The third kappa shape index (κ3) is 4.79. The van der Waals surface area contributed by atoms with E-state index in [2.05, 4.69) is 10.1 Å². The van der Waals surface area contributed by atoms with Crippen LogP contribution in [0.3, 0.4) is 0 Å². The van der Waals surface area contributed by atoms with Crippen LogP contribution in [0.25, 0.3) is 22.6 Å². The number of ether oxygens (including phenoxy) is 1. The number of rotatable bonds is 6. The van der Waals surface area contributed by atoms with Crippen LogP contribution in [0.1, 0.15) is 42.4 Å². The molecule has 0 aliphatic rings. The summed E-state index contributed by atoms with van der Waals surface area (Å²) in [5, 5.41) is 4.36. The molecule has 0 saturated carbocycles. The van der Waals surface area contributed by atoms with Gasteiger partial charge in [-0.3, -0.25) is 4.79 Å². The number of hydrogen-bond acceptors (Lipinski definition) is 7. The molecule has 8 nitrogen and oxygen atoms in total. The minimum atomic E-state index is -0.663. The molecule has 3 aromatic heterocycles. The molecule has 0 fully saturated rings. The zero-order chi connectivity index (χ0) is 23.6. The van der Waals surface area contributed by atoms with Gasteiger partial charge in [-0.1, -0.05) is 35.5 Å². The first-order chi connectivity index (χ1) is 15.7. The van der Waals surface area contributed by atoms with Crippen molar-refractivity contribution in [3.63, 3.8) is 0 Å². The molecule has 8 heteroatoms. The normalized spacial score (nSPS) is 11.5. The van der Waals surface area contributed by atoms with Crippen LogP contribution in [0.5, 0.6) is 0 Å². The van der Waals surface area contributed by atoms with E-state index >= 15 is 0 Å². The van der Waals surface area contributed by atoms with Gasteiger partial charge in [-0.15, -0.1) is 0 Å². The lowest BCUT2D eigenvalue weighted by Gasteiger charge is -2.35. The molecule has 3 heterocycles. The lowest BCUT2D eigenvalue weighted by molar-refractivity contribution is -0.140. The molecule has 0 bridgehead atoms. The van der Waals surface area contributed by atoms with E-state index in [9.17, 15) is 9.59 Å². The number of esters is 1. The van der Waals surface area contributed by atoms with Crippen LogP contribution < -0.4 is 0 Å². The highest BCUT2D eigenvalue weighted by Crippen LogP contribution is 2.28. The molecule has 0 atom stereocenters. The number of furan rings is 1. The van der Waals surface area contributed by atoms with E-state index in [-0.39, 0.29) is 17.2 Å². The lowest BCUT2D eigenvalue weighted by atomic mass is 10.0. The topological polar surface area (TPSA) is 98.7 Å². The van der Waals surface area contributed by atoms with Crippen LogP contribution in [0.2, 0.25) is 0 Å².